The maximum Gasteiger partial charge on any atom is 0.254 e. The van der Waals surface area contributed by atoms with E-state index in [-0.39, 0.29) is 12.7 Å². The second-order valence-corrected chi connectivity index (χ2v) is 7.72. The number of benzene rings is 2. The molecule has 0 aliphatic carbocycles. The second kappa shape index (κ2) is 9.18. The van der Waals surface area contributed by atoms with Gasteiger partial charge in [0.2, 0.25) is 12.7 Å². The van der Waals surface area contributed by atoms with Gasteiger partial charge in [-0.3, -0.25) is 4.79 Å². The lowest BCUT2D eigenvalue weighted by Gasteiger charge is -2.24. The molecule has 0 atom stereocenters. The van der Waals surface area contributed by atoms with Crippen LogP contribution in [0.15, 0.2) is 60.8 Å². The van der Waals surface area contributed by atoms with Gasteiger partial charge in [-0.1, -0.05) is 18.2 Å². The smallest absolute Gasteiger partial charge is 0.254 e. The Bertz CT molecular complexity index is 1120. The molecule has 7 heteroatoms. The van der Waals surface area contributed by atoms with E-state index in [1.165, 1.54) is 0 Å². The van der Waals surface area contributed by atoms with Crippen molar-refractivity contribution in [3.63, 3.8) is 0 Å². The van der Waals surface area contributed by atoms with Gasteiger partial charge in [0.15, 0.2) is 23.0 Å². The number of para-hydroxylation sites is 2. The highest BCUT2D eigenvalue weighted by Crippen LogP contribution is 2.34. The van der Waals surface area contributed by atoms with Crippen molar-refractivity contribution < 1.29 is 23.7 Å². The molecule has 0 N–H and O–H groups in total. The summed E-state index contributed by atoms with van der Waals surface area (Å²) in [7, 11) is 0. The molecule has 32 heavy (non-hydrogen) atoms. The number of amides is 1. The predicted molar refractivity (Wildman–Crippen MR) is 117 cm³/mol. The molecule has 0 spiro atoms. The zero-order valence-corrected chi connectivity index (χ0v) is 17.7. The summed E-state index contributed by atoms with van der Waals surface area (Å²) in [6, 6.07) is 16.7. The van der Waals surface area contributed by atoms with Crippen molar-refractivity contribution in [3.8, 4) is 28.9 Å². The number of ether oxygens (including phenoxy) is 4. The number of hydrogen-bond acceptors (Lipinski definition) is 6. The summed E-state index contributed by atoms with van der Waals surface area (Å²) in [5.41, 5.74) is 1.40. The van der Waals surface area contributed by atoms with Gasteiger partial charge in [0.25, 0.3) is 5.91 Å². The highest BCUT2D eigenvalue weighted by atomic mass is 16.7. The molecule has 0 radical (unpaired) electrons. The molecule has 2 aromatic carbocycles. The zero-order valence-electron chi connectivity index (χ0n) is 17.7. The first-order chi connectivity index (χ1) is 15.8. The lowest BCUT2D eigenvalue weighted by atomic mass is 10.1. The summed E-state index contributed by atoms with van der Waals surface area (Å²) in [4.78, 5) is 19.7. The molecule has 1 amide bonds. The van der Waals surface area contributed by atoms with Gasteiger partial charge in [-0.15, -0.1) is 0 Å². The van der Waals surface area contributed by atoms with Crippen molar-refractivity contribution in [2.45, 2.75) is 25.8 Å². The summed E-state index contributed by atoms with van der Waals surface area (Å²) in [6.07, 6.45) is 4.40. The lowest BCUT2D eigenvalue weighted by molar-refractivity contribution is 0.0738. The number of hydrogen-bond donors (Lipinski definition) is 0. The fourth-order valence-corrected chi connectivity index (χ4v) is 3.83. The van der Waals surface area contributed by atoms with Gasteiger partial charge in [-0.2, -0.15) is 0 Å². The summed E-state index contributed by atoms with van der Waals surface area (Å²) in [5.74, 6) is 2.96. The number of aromatic nitrogens is 1. The molecule has 0 saturated heterocycles. The Labute approximate surface area is 186 Å². The largest absolute Gasteiger partial charge is 0.490 e. The third kappa shape index (κ3) is 4.32. The number of fused-ring (bicyclic) bond motifs is 3. The van der Waals surface area contributed by atoms with Gasteiger partial charge in [0.05, 0.1) is 13.2 Å². The van der Waals surface area contributed by atoms with Crippen molar-refractivity contribution in [2.75, 3.05) is 19.9 Å². The number of carbonyl (C=O) groups is 1. The Morgan fingerprint density at radius 1 is 0.844 bits per heavy atom. The molecular formula is C25H24N2O5. The Hall–Kier alpha value is -3.74. The van der Waals surface area contributed by atoms with Crippen LogP contribution in [0.2, 0.25) is 0 Å². The van der Waals surface area contributed by atoms with E-state index in [2.05, 4.69) is 4.98 Å². The molecule has 0 saturated carbocycles. The van der Waals surface area contributed by atoms with Crippen LogP contribution in [0.4, 0.5) is 0 Å². The highest BCUT2D eigenvalue weighted by molar-refractivity contribution is 5.95. The summed E-state index contributed by atoms with van der Waals surface area (Å²) < 4.78 is 22.9. The van der Waals surface area contributed by atoms with Gasteiger partial charge in [0, 0.05) is 23.9 Å². The topological polar surface area (TPSA) is 70.1 Å². The second-order valence-electron chi connectivity index (χ2n) is 7.72. The molecule has 3 heterocycles. The summed E-state index contributed by atoms with van der Waals surface area (Å²) in [5, 5.41) is 0. The lowest BCUT2D eigenvalue weighted by Crippen LogP contribution is -2.31. The number of carbonyl (C=O) groups excluding carboxylic acids is 1. The molecule has 0 bridgehead atoms. The van der Waals surface area contributed by atoms with E-state index in [0.29, 0.717) is 54.1 Å². The third-order valence-electron chi connectivity index (χ3n) is 5.50. The minimum absolute atomic E-state index is 0.0652. The van der Waals surface area contributed by atoms with Crippen LogP contribution >= 0.6 is 0 Å². The number of pyridine rings is 1. The molecule has 164 valence electrons. The molecule has 1 aromatic heterocycles. The van der Waals surface area contributed by atoms with Crippen LogP contribution in [0.25, 0.3) is 0 Å². The maximum atomic E-state index is 13.4. The number of rotatable bonds is 1. The van der Waals surface area contributed by atoms with Crippen LogP contribution in [0.1, 0.15) is 35.2 Å². The molecule has 2 aliphatic rings. The van der Waals surface area contributed by atoms with Crippen LogP contribution in [0, 0.1) is 0 Å². The molecule has 0 fully saturated rings. The van der Waals surface area contributed by atoms with E-state index < -0.39 is 0 Å². The Balaban J connectivity index is 1.45. The highest BCUT2D eigenvalue weighted by Gasteiger charge is 2.22. The Morgan fingerprint density at radius 2 is 1.69 bits per heavy atom. The molecule has 0 unspecified atom stereocenters. The fraction of sp³-hybridized carbons (Fsp3) is 0.280. The van der Waals surface area contributed by atoms with Gasteiger partial charge >= 0.3 is 0 Å². The number of nitrogens with zero attached hydrogens (tertiary/aromatic N) is 2. The van der Waals surface area contributed by atoms with Crippen molar-refractivity contribution in [1.29, 1.82) is 0 Å². The van der Waals surface area contributed by atoms with Crippen LogP contribution in [-0.2, 0) is 6.54 Å². The van der Waals surface area contributed by atoms with Gasteiger partial charge in [0.1, 0.15) is 0 Å². The van der Waals surface area contributed by atoms with Crippen LogP contribution in [0.3, 0.4) is 0 Å². The Kier molecular flexibility index (Phi) is 5.79. The first kappa shape index (κ1) is 20.2. The minimum atomic E-state index is -0.0652. The molecule has 5 rings (SSSR count). The third-order valence-corrected chi connectivity index (χ3v) is 5.50. The Morgan fingerprint density at radius 3 is 2.62 bits per heavy atom. The molecular weight excluding hydrogens is 408 g/mol. The van der Waals surface area contributed by atoms with E-state index in [1.807, 2.05) is 41.3 Å². The first-order valence-electron chi connectivity index (χ1n) is 10.8. The van der Waals surface area contributed by atoms with Crippen molar-refractivity contribution >= 4 is 5.91 Å². The van der Waals surface area contributed by atoms with E-state index in [0.717, 1.165) is 24.8 Å². The van der Waals surface area contributed by atoms with Gasteiger partial charge in [-0.05, 0) is 55.7 Å². The molecule has 2 aliphatic heterocycles. The van der Waals surface area contributed by atoms with Crippen LogP contribution in [-0.4, -0.2) is 35.7 Å². The predicted octanol–water partition coefficient (Wildman–Crippen LogP) is 4.81. The van der Waals surface area contributed by atoms with Crippen molar-refractivity contribution in [1.82, 2.24) is 9.88 Å². The maximum absolute atomic E-state index is 13.4. The van der Waals surface area contributed by atoms with E-state index in [4.69, 9.17) is 18.9 Å². The van der Waals surface area contributed by atoms with E-state index in [1.54, 1.807) is 24.4 Å². The van der Waals surface area contributed by atoms with E-state index in [9.17, 15) is 4.79 Å². The minimum Gasteiger partial charge on any atom is -0.490 e. The first-order valence-corrected chi connectivity index (χ1v) is 10.8. The average molecular weight is 432 g/mol. The monoisotopic (exact) mass is 432 g/mol. The SMILES string of the molecule is O=C(c1ccc2c(c1)OCO2)N1CCCCCOc2ccccc2Oc2ncccc2C1. The molecule has 7 nitrogen and oxygen atoms in total. The summed E-state index contributed by atoms with van der Waals surface area (Å²) >= 11 is 0. The van der Waals surface area contributed by atoms with E-state index >= 15 is 0 Å². The molecule has 3 aromatic rings. The normalized spacial score (nSPS) is 15.7. The average Bonchev–Trinajstić information content (AvgIpc) is 3.30. The summed E-state index contributed by atoms with van der Waals surface area (Å²) in [6.45, 7) is 1.77. The van der Waals surface area contributed by atoms with Gasteiger partial charge in [-0.25, -0.2) is 4.98 Å². The quantitative estimate of drug-likeness (QED) is 0.550. The van der Waals surface area contributed by atoms with Crippen molar-refractivity contribution in [2.24, 2.45) is 0 Å². The van der Waals surface area contributed by atoms with Gasteiger partial charge < -0.3 is 23.8 Å². The fourth-order valence-electron chi connectivity index (χ4n) is 3.83. The standard InChI is InChI=1S/C25H24N2O5/c28-25(18-10-11-21-23(15-18)31-17-30-21)27-13-4-1-5-14-29-20-8-2-3-9-22(20)32-24-19(16-27)7-6-12-26-24/h2-3,6-12,15H,1,4-5,13-14,16-17H2. The zero-order chi connectivity index (χ0) is 21.8. The van der Waals surface area contributed by atoms with Crippen LogP contribution in [0.5, 0.6) is 28.9 Å². The van der Waals surface area contributed by atoms with Crippen molar-refractivity contribution in [3.05, 3.63) is 71.9 Å². The van der Waals surface area contributed by atoms with Crippen LogP contribution < -0.4 is 18.9 Å².